The van der Waals surface area contributed by atoms with Gasteiger partial charge in [0.1, 0.15) is 36.3 Å². The van der Waals surface area contributed by atoms with E-state index < -0.39 is 103 Å². The predicted octanol–water partition coefficient (Wildman–Crippen LogP) is -5.69. The summed E-state index contributed by atoms with van der Waals surface area (Å²) in [5, 5.41) is 32.8. The molecule has 1 aliphatic heterocycles. The number of carbonyl (C=O) groups excluding carboxylic acids is 9. The van der Waals surface area contributed by atoms with Gasteiger partial charge in [0.05, 0.1) is 19.2 Å². The lowest BCUT2D eigenvalue weighted by molar-refractivity contribution is -0.137. The van der Waals surface area contributed by atoms with Crippen LogP contribution in [0.5, 0.6) is 0 Å². The first kappa shape index (κ1) is 50.1. The monoisotopic (exact) mass is 812 g/mol. The summed E-state index contributed by atoms with van der Waals surface area (Å²) in [6.45, 7) is 5.16. The number of nitrogens with one attached hydrogen (secondary N) is 9. The van der Waals surface area contributed by atoms with Crippen LogP contribution in [0.2, 0.25) is 0 Å². The first-order chi connectivity index (χ1) is 27.0. The molecule has 9 amide bonds. The second-order valence-electron chi connectivity index (χ2n) is 14.2. The van der Waals surface area contributed by atoms with Gasteiger partial charge in [0.2, 0.25) is 53.2 Å². The van der Waals surface area contributed by atoms with Crippen molar-refractivity contribution in [3.8, 4) is 0 Å². The van der Waals surface area contributed by atoms with Crippen molar-refractivity contribution in [2.75, 3.05) is 39.3 Å². The molecule has 0 aromatic carbocycles. The number of aliphatic hydroxyl groups excluding tert-OH is 1. The molecule has 57 heavy (non-hydrogen) atoms. The van der Waals surface area contributed by atoms with Gasteiger partial charge in [-0.3, -0.25) is 43.2 Å². The SMILES string of the molecule is CCCCC(=O)NCCC1NC(=O)CNC(=O)CNC(=O)C(CC(C)C)NC(=O)C(CCN)NC(=O)C(CCN)NC(=O)C(CCN)NC(=O)C(C(C)O)NC1=O. The third kappa shape index (κ3) is 19.2. The molecule has 0 saturated carbocycles. The topological polar surface area (TPSA) is 360 Å². The highest BCUT2D eigenvalue weighted by Gasteiger charge is 2.34. The predicted molar refractivity (Wildman–Crippen MR) is 207 cm³/mol. The van der Waals surface area contributed by atoms with Crippen molar-refractivity contribution in [3.63, 3.8) is 0 Å². The minimum atomic E-state index is -1.67. The maximum absolute atomic E-state index is 13.5. The molecule has 7 atom stereocenters. The summed E-state index contributed by atoms with van der Waals surface area (Å²) >= 11 is 0. The van der Waals surface area contributed by atoms with Gasteiger partial charge in [-0.15, -0.1) is 0 Å². The fraction of sp³-hybridized carbons (Fsp3) is 0.743. The van der Waals surface area contributed by atoms with E-state index in [2.05, 4.69) is 47.9 Å². The van der Waals surface area contributed by atoms with Gasteiger partial charge in [0, 0.05) is 13.0 Å². The zero-order chi connectivity index (χ0) is 43.1. The van der Waals surface area contributed by atoms with Crippen LogP contribution in [0.3, 0.4) is 0 Å². The molecule has 16 N–H and O–H groups in total. The Morgan fingerprint density at radius 2 is 1.09 bits per heavy atom. The molecule has 22 heteroatoms. The number of rotatable bonds is 15. The van der Waals surface area contributed by atoms with Gasteiger partial charge in [0.25, 0.3) is 0 Å². The molecular formula is C35H64N12O10. The number of carbonyl (C=O) groups is 9. The summed E-state index contributed by atoms with van der Waals surface area (Å²) in [6, 6.07) is -8.16. The van der Waals surface area contributed by atoms with E-state index in [4.69, 9.17) is 17.2 Å². The Bertz CT molecular complexity index is 1380. The van der Waals surface area contributed by atoms with E-state index in [1.54, 1.807) is 13.8 Å². The average Bonchev–Trinajstić information content (AvgIpc) is 3.15. The molecule has 1 aliphatic rings. The van der Waals surface area contributed by atoms with E-state index in [1.807, 2.05) is 6.92 Å². The van der Waals surface area contributed by atoms with Gasteiger partial charge >= 0.3 is 0 Å². The van der Waals surface area contributed by atoms with Crippen LogP contribution in [0, 0.1) is 5.92 Å². The molecule has 0 radical (unpaired) electrons. The molecule has 0 aliphatic carbocycles. The number of unbranched alkanes of at least 4 members (excludes halogenated alkanes) is 1. The molecule has 7 unspecified atom stereocenters. The Labute approximate surface area is 332 Å². The standard InChI is InChI=1S/C35H64N12O10/c1-5-6-7-26(49)39-15-11-24-34(56)47-29(20(4)48)35(57)45-23(10-14-38)32(54)43-21(8-12-36)31(53)44-22(9-13-37)33(55)46-25(16-19(2)3)30(52)41-17-27(50)40-18-28(51)42-24/h19-25,29,48H,5-18,36-38H2,1-4H3,(H,39,49)(H,40,50)(H,41,52)(H,42,51)(H,43,54)(H,44,53)(H,45,57)(H,46,55)(H,47,56). The first-order valence-electron chi connectivity index (χ1n) is 19.4. The van der Waals surface area contributed by atoms with Crippen molar-refractivity contribution in [2.24, 2.45) is 23.1 Å². The minimum Gasteiger partial charge on any atom is -0.391 e. The van der Waals surface area contributed by atoms with E-state index in [-0.39, 0.29) is 76.5 Å². The molecule has 1 saturated heterocycles. The van der Waals surface area contributed by atoms with Gasteiger partial charge < -0.3 is 70.2 Å². The van der Waals surface area contributed by atoms with Gasteiger partial charge in [-0.05, 0) is 71.0 Å². The van der Waals surface area contributed by atoms with Crippen molar-refractivity contribution in [3.05, 3.63) is 0 Å². The molecule has 1 fully saturated rings. The van der Waals surface area contributed by atoms with Crippen LogP contribution in [0.15, 0.2) is 0 Å². The first-order valence-corrected chi connectivity index (χ1v) is 19.4. The Balaban J connectivity index is 3.56. The highest BCUT2D eigenvalue weighted by molar-refractivity contribution is 5.98. The number of hydrogen-bond donors (Lipinski definition) is 13. The molecular weight excluding hydrogens is 748 g/mol. The summed E-state index contributed by atoms with van der Waals surface area (Å²) in [7, 11) is 0. The minimum absolute atomic E-state index is 0.0526. The molecule has 0 spiro atoms. The largest absolute Gasteiger partial charge is 0.391 e. The van der Waals surface area contributed by atoms with Crippen LogP contribution in [-0.4, -0.2) is 140 Å². The molecule has 1 heterocycles. The summed E-state index contributed by atoms with van der Waals surface area (Å²) in [5.74, 6) is -7.15. The third-order valence-electron chi connectivity index (χ3n) is 8.70. The highest BCUT2D eigenvalue weighted by Crippen LogP contribution is 2.07. The van der Waals surface area contributed by atoms with Crippen molar-refractivity contribution in [1.82, 2.24) is 47.9 Å². The molecule has 324 valence electrons. The number of hydrogen-bond acceptors (Lipinski definition) is 13. The maximum atomic E-state index is 13.5. The molecule has 0 aromatic rings. The second-order valence-corrected chi connectivity index (χ2v) is 14.2. The molecule has 22 nitrogen and oxygen atoms in total. The number of nitrogens with two attached hydrogens (primary N) is 3. The van der Waals surface area contributed by atoms with Crippen LogP contribution in [-0.2, 0) is 43.2 Å². The normalized spacial score (nSPS) is 24.6. The van der Waals surface area contributed by atoms with Crippen molar-refractivity contribution < 1.29 is 48.3 Å². The number of aliphatic hydroxyl groups is 1. The van der Waals surface area contributed by atoms with Crippen LogP contribution in [0.1, 0.15) is 79.1 Å². The lowest BCUT2D eigenvalue weighted by atomic mass is 10.0. The van der Waals surface area contributed by atoms with E-state index >= 15 is 0 Å². The van der Waals surface area contributed by atoms with Gasteiger partial charge in [0.15, 0.2) is 0 Å². The summed E-state index contributed by atoms with van der Waals surface area (Å²) in [4.78, 5) is 119. The Hall–Kier alpha value is -4.93. The Morgan fingerprint density at radius 1 is 0.632 bits per heavy atom. The summed E-state index contributed by atoms with van der Waals surface area (Å²) < 4.78 is 0. The van der Waals surface area contributed by atoms with E-state index in [0.717, 1.165) is 6.42 Å². The maximum Gasteiger partial charge on any atom is 0.245 e. The van der Waals surface area contributed by atoms with E-state index in [1.165, 1.54) is 6.92 Å². The lowest BCUT2D eigenvalue weighted by Gasteiger charge is -2.28. The molecule has 0 bridgehead atoms. The summed E-state index contributed by atoms with van der Waals surface area (Å²) in [5.41, 5.74) is 17.2. The average molecular weight is 813 g/mol. The van der Waals surface area contributed by atoms with E-state index in [0.29, 0.717) is 6.42 Å². The fourth-order valence-electron chi connectivity index (χ4n) is 5.57. The van der Waals surface area contributed by atoms with Crippen molar-refractivity contribution >= 4 is 53.2 Å². The van der Waals surface area contributed by atoms with Crippen LogP contribution >= 0.6 is 0 Å². The number of amides is 9. The van der Waals surface area contributed by atoms with E-state index in [9.17, 15) is 48.3 Å². The van der Waals surface area contributed by atoms with Gasteiger partial charge in [-0.1, -0.05) is 27.2 Å². The molecule has 1 rings (SSSR count). The van der Waals surface area contributed by atoms with Crippen molar-refractivity contribution in [1.29, 1.82) is 0 Å². The quantitative estimate of drug-likeness (QED) is 0.0734. The summed E-state index contributed by atoms with van der Waals surface area (Å²) in [6.07, 6.45) is -0.218. The molecule has 0 aromatic heterocycles. The highest BCUT2D eigenvalue weighted by atomic mass is 16.3. The van der Waals surface area contributed by atoms with Crippen LogP contribution in [0.25, 0.3) is 0 Å². The Morgan fingerprint density at radius 3 is 1.56 bits per heavy atom. The van der Waals surface area contributed by atoms with Crippen LogP contribution < -0.4 is 65.1 Å². The van der Waals surface area contributed by atoms with Crippen molar-refractivity contribution in [2.45, 2.75) is 121 Å². The zero-order valence-corrected chi connectivity index (χ0v) is 33.4. The smallest absolute Gasteiger partial charge is 0.245 e. The second kappa shape index (κ2) is 26.8. The van der Waals surface area contributed by atoms with Crippen LogP contribution in [0.4, 0.5) is 0 Å². The third-order valence-corrected chi connectivity index (χ3v) is 8.70. The lowest BCUT2D eigenvalue weighted by Crippen LogP contribution is -2.62. The van der Waals surface area contributed by atoms with Gasteiger partial charge in [-0.2, -0.15) is 0 Å². The zero-order valence-electron chi connectivity index (χ0n) is 33.4. The fourth-order valence-corrected chi connectivity index (χ4v) is 5.57. The van der Waals surface area contributed by atoms with Gasteiger partial charge in [-0.25, -0.2) is 0 Å². The Kier molecular flexibility index (Phi) is 23.6.